The summed E-state index contributed by atoms with van der Waals surface area (Å²) < 4.78 is 0. The zero-order valence-corrected chi connectivity index (χ0v) is 15.7. The molecule has 7 heteroatoms. The molecule has 1 saturated carbocycles. The smallest absolute Gasteiger partial charge is 0.263 e. The van der Waals surface area contributed by atoms with E-state index in [1.165, 1.54) is 16.9 Å². The van der Waals surface area contributed by atoms with Gasteiger partial charge in [0.05, 0.1) is 5.69 Å². The molecule has 0 unspecified atom stereocenters. The average Bonchev–Trinajstić information content (AvgIpc) is 3.42. The van der Waals surface area contributed by atoms with Crippen molar-refractivity contribution >= 4 is 39.0 Å². The first-order valence-electron chi connectivity index (χ1n) is 8.85. The minimum Gasteiger partial charge on any atom is -0.397 e. The molecule has 2 aromatic heterocycles. The first kappa shape index (κ1) is 17.3. The highest BCUT2D eigenvalue weighted by Gasteiger charge is 2.28. The number of benzene rings is 1. The minimum atomic E-state index is -0.192. The Morgan fingerprint density at radius 3 is 2.63 bits per heavy atom. The molecule has 0 atom stereocenters. The lowest BCUT2D eigenvalue weighted by Gasteiger charge is -2.10. The molecule has 0 spiro atoms. The Hall–Kier alpha value is -3.11. The van der Waals surface area contributed by atoms with Gasteiger partial charge in [-0.15, -0.1) is 11.3 Å². The van der Waals surface area contributed by atoms with Crippen molar-refractivity contribution in [3.8, 4) is 17.2 Å². The maximum atomic E-state index is 12.6. The van der Waals surface area contributed by atoms with E-state index in [2.05, 4.69) is 23.3 Å². The fourth-order valence-electron chi connectivity index (χ4n) is 3.13. The molecule has 4 rings (SSSR count). The summed E-state index contributed by atoms with van der Waals surface area (Å²) in [6.07, 6.45) is 2.91. The highest BCUT2D eigenvalue weighted by atomic mass is 32.1. The second-order valence-electron chi connectivity index (χ2n) is 6.68. The van der Waals surface area contributed by atoms with Crippen LogP contribution in [0.25, 0.3) is 21.3 Å². The summed E-state index contributed by atoms with van der Waals surface area (Å²) in [7, 11) is 0. The second-order valence-corrected chi connectivity index (χ2v) is 7.68. The van der Waals surface area contributed by atoms with E-state index in [1.54, 1.807) is 0 Å². The maximum Gasteiger partial charge on any atom is 0.263 e. The number of anilines is 2. The van der Waals surface area contributed by atoms with E-state index in [-0.39, 0.29) is 23.3 Å². The molecule has 0 radical (unpaired) electrons. The molecule has 27 heavy (non-hydrogen) atoms. The van der Waals surface area contributed by atoms with Crippen LogP contribution in [0.1, 0.15) is 40.6 Å². The summed E-state index contributed by atoms with van der Waals surface area (Å²) in [4.78, 5) is 17.9. The number of carbonyl (C=O) groups is 1. The van der Waals surface area contributed by atoms with E-state index >= 15 is 0 Å². The van der Waals surface area contributed by atoms with E-state index in [0.29, 0.717) is 26.3 Å². The van der Waals surface area contributed by atoms with Crippen LogP contribution in [-0.4, -0.2) is 16.9 Å². The highest BCUT2D eigenvalue weighted by molar-refractivity contribution is 7.21. The fourth-order valence-corrected chi connectivity index (χ4v) is 4.14. The number of pyridine rings is 1. The topological polar surface area (TPSA) is 118 Å². The SMILES string of the molecule is CCc1ccc(-c2c(C#N)c(N)nc3sc(C(=O)NC4CC4)c(N)c23)cc1. The molecule has 1 fully saturated rings. The first-order chi connectivity index (χ1) is 13.0. The maximum absolute atomic E-state index is 12.6. The lowest BCUT2D eigenvalue weighted by Crippen LogP contribution is -2.25. The largest absolute Gasteiger partial charge is 0.397 e. The third kappa shape index (κ3) is 2.98. The Labute approximate surface area is 160 Å². The van der Waals surface area contributed by atoms with Gasteiger partial charge in [0.1, 0.15) is 27.2 Å². The van der Waals surface area contributed by atoms with Gasteiger partial charge in [-0.3, -0.25) is 4.79 Å². The molecule has 1 amide bonds. The van der Waals surface area contributed by atoms with Crippen LogP contribution in [0.5, 0.6) is 0 Å². The number of hydrogen-bond donors (Lipinski definition) is 3. The van der Waals surface area contributed by atoms with Crippen molar-refractivity contribution in [2.75, 3.05) is 11.5 Å². The molecule has 1 aliphatic carbocycles. The molecule has 3 aromatic rings. The standard InChI is InChI=1S/C20H19N5OS/c1-2-10-3-5-11(6-4-10)14-13(9-21)18(23)25-20-15(14)16(22)17(27-20)19(26)24-12-7-8-12/h3-6,12H,2,7-8,22H2,1H3,(H2,23,25)(H,24,26). The quantitative estimate of drug-likeness (QED) is 0.643. The number of hydrogen-bond acceptors (Lipinski definition) is 6. The second kappa shape index (κ2) is 6.56. The Balaban J connectivity index is 1.95. The van der Waals surface area contributed by atoms with Gasteiger partial charge < -0.3 is 16.8 Å². The summed E-state index contributed by atoms with van der Waals surface area (Å²) in [5.74, 6) is -0.0441. The number of nitrogens with one attached hydrogen (secondary N) is 1. The van der Waals surface area contributed by atoms with Gasteiger partial charge in [-0.25, -0.2) is 4.98 Å². The van der Waals surface area contributed by atoms with Crippen LogP contribution in [0.2, 0.25) is 0 Å². The van der Waals surface area contributed by atoms with Gasteiger partial charge in [0, 0.05) is 17.0 Å². The number of nitrogens with two attached hydrogens (primary N) is 2. The molecule has 2 heterocycles. The molecule has 1 aromatic carbocycles. The molecule has 0 saturated heterocycles. The van der Waals surface area contributed by atoms with Crippen molar-refractivity contribution in [1.29, 1.82) is 5.26 Å². The van der Waals surface area contributed by atoms with Crippen LogP contribution in [0.3, 0.4) is 0 Å². The van der Waals surface area contributed by atoms with Crippen molar-refractivity contribution in [3.05, 3.63) is 40.3 Å². The van der Waals surface area contributed by atoms with E-state index in [9.17, 15) is 10.1 Å². The number of aryl methyl sites for hydroxylation is 1. The summed E-state index contributed by atoms with van der Waals surface area (Å²) in [5, 5.41) is 13.2. The fraction of sp³-hybridized carbons (Fsp3) is 0.250. The van der Waals surface area contributed by atoms with Gasteiger partial charge in [-0.1, -0.05) is 31.2 Å². The van der Waals surface area contributed by atoms with E-state index < -0.39 is 0 Å². The zero-order valence-electron chi connectivity index (χ0n) is 14.9. The third-order valence-corrected chi connectivity index (χ3v) is 5.88. The number of nitrogen functional groups attached to an aromatic ring is 2. The molecule has 1 aliphatic rings. The van der Waals surface area contributed by atoms with Gasteiger partial charge in [-0.05, 0) is 30.4 Å². The molecule has 0 bridgehead atoms. The number of amides is 1. The molecule has 5 N–H and O–H groups in total. The van der Waals surface area contributed by atoms with Crippen LogP contribution in [0, 0.1) is 11.3 Å². The predicted molar refractivity (Wildman–Crippen MR) is 108 cm³/mol. The lowest BCUT2D eigenvalue weighted by atomic mass is 9.96. The first-order valence-corrected chi connectivity index (χ1v) is 9.66. The third-order valence-electron chi connectivity index (χ3n) is 4.79. The number of nitriles is 1. The number of aromatic nitrogens is 1. The lowest BCUT2D eigenvalue weighted by molar-refractivity contribution is 0.0956. The number of rotatable bonds is 4. The van der Waals surface area contributed by atoms with Crippen molar-refractivity contribution in [1.82, 2.24) is 10.3 Å². The van der Waals surface area contributed by atoms with Crippen molar-refractivity contribution in [2.24, 2.45) is 0 Å². The predicted octanol–water partition coefficient (Wildman–Crippen LogP) is 3.45. The van der Waals surface area contributed by atoms with Crippen LogP contribution in [0.4, 0.5) is 11.5 Å². The summed E-state index contributed by atoms with van der Waals surface area (Å²) in [6, 6.07) is 10.3. The van der Waals surface area contributed by atoms with Gasteiger partial charge in [0.15, 0.2) is 0 Å². The van der Waals surface area contributed by atoms with Gasteiger partial charge in [0.25, 0.3) is 5.91 Å². The number of thiophene rings is 1. The van der Waals surface area contributed by atoms with Gasteiger partial charge >= 0.3 is 0 Å². The zero-order chi connectivity index (χ0) is 19.1. The molecular formula is C20H19N5OS. The van der Waals surface area contributed by atoms with Crippen LogP contribution >= 0.6 is 11.3 Å². The number of nitrogens with zero attached hydrogens (tertiary/aromatic N) is 2. The monoisotopic (exact) mass is 377 g/mol. The van der Waals surface area contributed by atoms with Crippen molar-refractivity contribution in [3.63, 3.8) is 0 Å². The molecule has 0 aliphatic heterocycles. The average molecular weight is 377 g/mol. The van der Waals surface area contributed by atoms with Crippen LogP contribution in [-0.2, 0) is 6.42 Å². The van der Waals surface area contributed by atoms with E-state index in [0.717, 1.165) is 24.8 Å². The number of fused-ring (bicyclic) bond motifs is 1. The Morgan fingerprint density at radius 2 is 2.04 bits per heavy atom. The Morgan fingerprint density at radius 1 is 1.33 bits per heavy atom. The van der Waals surface area contributed by atoms with Crippen LogP contribution < -0.4 is 16.8 Å². The summed E-state index contributed by atoms with van der Waals surface area (Å²) >= 11 is 1.21. The van der Waals surface area contributed by atoms with Crippen molar-refractivity contribution in [2.45, 2.75) is 32.2 Å². The van der Waals surface area contributed by atoms with Crippen molar-refractivity contribution < 1.29 is 4.79 Å². The highest BCUT2D eigenvalue weighted by Crippen LogP contribution is 2.42. The summed E-state index contributed by atoms with van der Waals surface area (Å²) in [5.41, 5.74) is 15.7. The molecule has 136 valence electrons. The van der Waals surface area contributed by atoms with E-state index in [4.69, 9.17) is 11.5 Å². The molecular weight excluding hydrogens is 358 g/mol. The van der Waals surface area contributed by atoms with Gasteiger partial charge in [0.2, 0.25) is 0 Å². The van der Waals surface area contributed by atoms with Crippen LogP contribution in [0.15, 0.2) is 24.3 Å². The molecule has 6 nitrogen and oxygen atoms in total. The Kier molecular flexibility index (Phi) is 4.21. The number of carbonyl (C=O) groups excluding carboxylic acids is 1. The normalized spacial score (nSPS) is 13.5. The minimum absolute atomic E-state index is 0.148. The summed E-state index contributed by atoms with van der Waals surface area (Å²) in [6.45, 7) is 2.08. The Bertz CT molecular complexity index is 1090. The van der Waals surface area contributed by atoms with E-state index in [1.807, 2.05) is 24.3 Å². The van der Waals surface area contributed by atoms with Gasteiger partial charge in [-0.2, -0.15) is 5.26 Å².